The van der Waals surface area contributed by atoms with E-state index in [4.69, 9.17) is 17.2 Å². The number of rotatable bonds is 2. The molecule has 1 aromatic carbocycles. The van der Waals surface area contributed by atoms with Crippen molar-refractivity contribution in [3.63, 3.8) is 0 Å². The van der Waals surface area contributed by atoms with E-state index >= 15 is 0 Å². The van der Waals surface area contributed by atoms with Gasteiger partial charge in [-0.3, -0.25) is 0 Å². The Balaban J connectivity index is 3.27. The van der Waals surface area contributed by atoms with Crippen LogP contribution in [0.1, 0.15) is 12.5 Å². The van der Waals surface area contributed by atoms with Crippen molar-refractivity contribution in [1.29, 1.82) is 0 Å². The summed E-state index contributed by atoms with van der Waals surface area (Å²) >= 11 is 0. The molecule has 0 heterocycles. The molecule has 0 bridgehead atoms. The monoisotopic (exact) mass is 209 g/mol. The Labute approximate surface area is 88.2 Å². The Kier molecular flexibility index (Phi) is 2.85. The number of anilines is 2. The summed E-state index contributed by atoms with van der Waals surface area (Å²) in [5.41, 5.74) is 17.1. The van der Waals surface area contributed by atoms with Gasteiger partial charge < -0.3 is 21.9 Å². The summed E-state index contributed by atoms with van der Waals surface area (Å²) in [6.07, 6.45) is 0. The SMILES string of the molecule is COC(=O)[C@@](C)(N)c1cccc(N)c1N. The van der Waals surface area contributed by atoms with Gasteiger partial charge in [0.15, 0.2) is 0 Å². The first-order chi connectivity index (χ1) is 6.91. The lowest BCUT2D eigenvalue weighted by Gasteiger charge is -2.24. The number of esters is 1. The van der Waals surface area contributed by atoms with Crippen molar-refractivity contribution in [3.8, 4) is 0 Å². The molecule has 5 nitrogen and oxygen atoms in total. The minimum absolute atomic E-state index is 0.313. The predicted molar refractivity (Wildman–Crippen MR) is 58.8 cm³/mol. The minimum Gasteiger partial charge on any atom is -0.467 e. The second-order valence-corrected chi connectivity index (χ2v) is 3.50. The van der Waals surface area contributed by atoms with Crippen LogP contribution in [0.3, 0.4) is 0 Å². The highest BCUT2D eigenvalue weighted by Gasteiger charge is 2.33. The maximum atomic E-state index is 11.5. The van der Waals surface area contributed by atoms with Crippen molar-refractivity contribution in [1.82, 2.24) is 0 Å². The summed E-state index contributed by atoms with van der Waals surface area (Å²) in [5.74, 6) is -0.556. The van der Waals surface area contributed by atoms with Gasteiger partial charge in [0.2, 0.25) is 0 Å². The number of nitrogen functional groups attached to an aromatic ring is 2. The molecular weight excluding hydrogens is 194 g/mol. The van der Waals surface area contributed by atoms with Gasteiger partial charge in [-0.2, -0.15) is 0 Å². The van der Waals surface area contributed by atoms with Gasteiger partial charge in [-0.05, 0) is 13.0 Å². The van der Waals surface area contributed by atoms with Crippen LogP contribution in [0.15, 0.2) is 18.2 Å². The van der Waals surface area contributed by atoms with Crippen molar-refractivity contribution >= 4 is 17.3 Å². The summed E-state index contributed by atoms with van der Waals surface area (Å²) in [6.45, 7) is 1.53. The second-order valence-electron chi connectivity index (χ2n) is 3.50. The minimum atomic E-state index is -1.28. The molecule has 82 valence electrons. The van der Waals surface area contributed by atoms with Gasteiger partial charge in [-0.1, -0.05) is 12.1 Å². The van der Waals surface area contributed by atoms with Crippen LogP contribution in [-0.2, 0) is 15.1 Å². The van der Waals surface area contributed by atoms with E-state index in [1.54, 1.807) is 18.2 Å². The smallest absolute Gasteiger partial charge is 0.330 e. The molecule has 0 aliphatic rings. The number of carbonyl (C=O) groups is 1. The van der Waals surface area contributed by atoms with Gasteiger partial charge in [0.05, 0.1) is 18.5 Å². The average Bonchev–Trinajstić information content (AvgIpc) is 2.20. The fourth-order valence-corrected chi connectivity index (χ4v) is 1.36. The maximum absolute atomic E-state index is 11.5. The van der Waals surface area contributed by atoms with E-state index in [9.17, 15) is 4.79 Å². The van der Waals surface area contributed by atoms with E-state index in [1.165, 1.54) is 14.0 Å². The van der Waals surface area contributed by atoms with Gasteiger partial charge >= 0.3 is 5.97 Å². The molecule has 0 aliphatic heterocycles. The first-order valence-corrected chi connectivity index (χ1v) is 4.43. The second kappa shape index (κ2) is 3.78. The van der Waals surface area contributed by atoms with E-state index in [-0.39, 0.29) is 0 Å². The zero-order valence-electron chi connectivity index (χ0n) is 8.78. The van der Waals surface area contributed by atoms with E-state index in [1.807, 2.05) is 0 Å². The number of carbonyl (C=O) groups excluding carboxylic acids is 1. The van der Waals surface area contributed by atoms with Crippen molar-refractivity contribution in [2.45, 2.75) is 12.5 Å². The van der Waals surface area contributed by atoms with Crippen LogP contribution in [0.25, 0.3) is 0 Å². The Bertz CT molecular complexity index is 388. The van der Waals surface area contributed by atoms with Gasteiger partial charge in [-0.25, -0.2) is 4.79 Å². The average molecular weight is 209 g/mol. The molecule has 1 aromatic rings. The highest BCUT2D eigenvalue weighted by molar-refractivity contribution is 5.86. The summed E-state index contributed by atoms with van der Waals surface area (Å²) in [7, 11) is 1.27. The molecule has 0 radical (unpaired) electrons. The highest BCUT2D eigenvalue weighted by atomic mass is 16.5. The summed E-state index contributed by atoms with van der Waals surface area (Å²) < 4.78 is 4.60. The Hall–Kier alpha value is -1.75. The third-order valence-corrected chi connectivity index (χ3v) is 2.31. The molecular formula is C10H15N3O2. The molecule has 0 saturated heterocycles. The van der Waals surface area contributed by atoms with Crippen molar-refractivity contribution in [2.75, 3.05) is 18.6 Å². The summed E-state index contributed by atoms with van der Waals surface area (Å²) in [6, 6.07) is 4.99. The van der Waals surface area contributed by atoms with Gasteiger partial charge in [0, 0.05) is 5.56 Å². The number of methoxy groups -OCH3 is 1. The van der Waals surface area contributed by atoms with E-state index in [0.29, 0.717) is 16.9 Å². The molecule has 0 fully saturated rings. The van der Waals surface area contributed by atoms with Crippen LogP contribution in [0.4, 0.5) is 11.4 Å². The molecule has 0 spiro atoms. The third-order valence-electron chi connectivity index (χ3n) is 2.31. The standard InChI is InChI=1S/C10H15N3O2/c1-10(13,9(14)15-2)6-4-3-5-7(11)8(6)12/h3-5H,11-13H2,1-2H3/t10-/m0/s1. The molecule has 6 N–H and O–H groups in total. The van der Waals surface area contributed by atoms with E-state index in [0.717, 1.165) is 0 Å². The lowest BCUT2D eigenvalue weighted by atomic mass is 9.91. The van der Waals surface area contributed by atoms with E-state index < -0.39 is 11.5 Å². The highest BCUT2D eigenvalue weighted by Crippen LogP contribution is 2.28. The first kappa shape index (κ1) is 11.3. The molecule has 0 saturated carbocycles. The fourth-order valence-electron chi connectivity index (χ4n) is 1.36. The molecule has 0 unspecified atom stereocenters. The molecule has 1 atom stereocenters. The van der Waals surface area contributed by atoms with Crippen LogP contribution >= 0.6 is 0 Å². The molecule has 0 aliphatic carbocycles. The Morgan fingerprint density at radius 1 is 1.40 bits per heavy atom. The molecule has 5 heteroatoms. The molecule has 15 heavy (non-hydrogen) atoms. The van der Waals surface area contributed by atoms with E-state index in [2.05, 4.69) is 4.74 Å². The molecule has 0 amide bonds. The number of para-hydroxylation sites is 1. The maximum Gasteiger partial charge on any atom is 0.330 e. The third kappa shape index (κ3) is 1.87. The largest absolute Gasteiger partial charge is 0.467 e. The number of hydrogen-bond acceptors (Lipinski definition) is 5. The summed E-state index contributed by atoms with van der Waals surface area (Å²) in [4.78, 5) is 11.5. The number of nitrogens with two attached hydrogens (primary N) is 3. The van der Waals surface area contributed by atoms with Gasteiger partial charge in [0.1, 0.15) is 5.54 Å². The fraction of sp³-hybridized carbons (Fsp3) is 0.300. The quantitative estimate of drug-likeness (QED) is 0.476. The number of hydrogen-bond donors (Lipinski definition) is 3. The van der Waals surface area contributed by atoms with Crippen molar-refractivity contribution in [2.24, 2.45) is 5.73 Å². The lowest BCUT2D eigenvalue weighted by Crippen LogP contribution is -2.43. The normalized spacial score (nSPS) is 14.3. The molecule has 0 aromatic heterocycles. The van der Waals surface area contributed by atoms with Crippen molar-refractivity contribution in [3.05, 3.63) is 23.8 Å². The summed E-state index contributed by atoms with van der Waals surface area (Å²) in [5, 5.41) is 0. The number of benzene rings is 1. The topological polar surface area (TPSA) is 104 Å². The van der Waals surface area contributed by atoms with Crippen LogP contribution in [-0.4, -0.2) is 13.1 Å². The predicted octanol–water partition coefficient (Wildman–Crippen LogP) is 0.198. The Morgan fingerprint density at radius 3 is 2.53 bits per heavy atom. The van der Waals surface area contributed by atoms with Crippen molar-refractivity contribution < 1.29 is 9.53 Å². The Morgan fingerprint density at radius 2 is 2.00 bits per heavy atom. The number of ether oxygens (including phenoxy) is 1. The van der Waals surface area contributed by atoms with Gasteiger partial charge in [-0.15, -0.1) is 0 Å². The zero-order chi connectivity index (χ0) is 11.6. The van der Waals surface area contributed by atoms with Crippen LogP contribution < -0.4 is 17.2 Å². The van der Waals surface area contributed by atoms with Crippen LogP contribution in [0.5, 0.6) is 0 Å². The van der Waals surface area contributed by atoms with Gasteiger partial charge in [0.25, 0.3) is 0 Å². The zero-order valence-corrected chi connectivity index (χ0v) is 8.78. The first-order valence-electron chi connectivity index (χ1n) is 4.43. The van der Waals surface area contributed by atoms with Crippen LogP contribution in [0, 0.1) is 0 Å². The lowest BCUT2D eigenvalue weighted by molar-refractivity contribution is -0.146. The molecule has 1 rings (SSSR count). The van der Waals surface area contributed by atoms with Crippen LogP contribution in [0.2, 0.25) is 0 Å².